The van der Waals surface area contributed by atoms with E-state index in [2.05, 4.69) is 56.5 Å². The van der Waals surface area contributed by atoms with Crippen LogP contribution in [0.1, 0.15) is 27.7 Å². The molecule has 0 saturated carbocycles. The van der Waals surface area contributed by atoms with Crippen molar-refractivity contribution in [2.75, 3.05) is 26.3 Å². The topological polar surface area (TPSA) is 55.4 Å². The molecular weight excluding hydrogens is 386 g/mol. The van der Waals surface area contributed by atoms with Gasteiger partial charge in [-0.3, -0.25) is 0 Å². The largest absolute Gasteiger partial charge is 0.492 e. The van der Waals surface area contributed by atoms with Gasteiger partial charge in [0.2, 0.25) is 0 Å². The maximum Gasteiger partial charge on any atom is 0.121 e. The standard InChI is InChI=1S/C23H31N3O2.ClH/c1-16(2)24-9-11-27-20-7-5-18-13-19-6-8-21(28-12-10-25-17(3)4)15-23(19)26-22(18)14-20;/h5-8,13-17,24-25H,9-12H2,1-4H3;1H. The fourth-order valence-electron chi connectivity index (χ4n) is 2.99. The normalized spacial score (nSPS) is 11.2. The molecule has 2 N–H and O–H groups in total. The molecule has 0 spiro atoms. The first-order valence-corrected chi connectivity index (χ1v) is 10.1. The van der Waals surface area contributed by atoms with E-state index in [-0.39, 0.29) is 12.4 Å². The van der Waals surface area contributed by atoms with Crippen LogP contribution in [0.4, 0.5) is 0 Å². The van der Waals surface area contributed by atoms with Crippen molar-refractivity contribution in [3.8, 4) is 11.5 Å². The lowest BCUT2D eigenvalue weighted by molar-refractivity contribution is 0.309. The van der Waals surface area contributed by atoms with Gasteiger partial charge in [-0.1, -0.05) is 27.7 Å². The Kier molecular flexibility index (Phi) is 8.96. The van der Waals surface area contributed by atoms with E-state index in [9.17, 15) is 0 Å². The lowest BCUT2D eigenvalue weighted by Gasteiger charge is -2.11. The van der Waals surface area contributed by atoms with Crippen molar-refractivity contribution < 1.29 is 9.47 Å². The number of hydrogen-bond acceptors (Lipinski definition) is 5. The molecular formula is C23H32ClN3O2. The summed E-state index contributed by atoms with van der Waals surface area (Å²) in [6.07, 6.45) is 0. The molecule has 29 heavy (non-hydrogen) atoms. The van der Waals surface area contributed by atoms with Crippen LogP contribution in [0.2, 0.25) is 0 Å². The van der Waals surface area contributed by atoms with E-state index in [1.165, 1.54) is 0 Å². The summed E-state index contributed by atoms with van der Waals surface area (Å²) >= 11 is 0. The highest BCUT2D eigenvalue weighted by atomic mass is 35.5. The third-order valence-corrected chi connectivity index (χ3v) is 4.40. The second-order valence-corrected chi connectivity index (χ2v) is 7.61. The average Bonchev–Trinajstić information content (AvgIpc) is 2.66. The van der Waals surface area contributed by atoms with Crippen molar-refractivity contribution in [3.05, 3.63) is 42.5 Å². The summed E-state index contributed by atoms with van der Waals surface area (Å²) in [5.74, 6) is 1.69. The van der Waals surface area contributed by atoms with Crippen LogP contribution in [0.25, 0.3) is 21.8 Å². The fraction of sp³-hybridized carbons (Fsp3) is 0.435. The molecule has 0 radical (unpaired) electrons. The molecule has 6 heteroatoms. The molecule has 0 atom stereocenters. The lowest BCUT2D eigenvalue weighted by atomic mass is 10.1. The number of nitrogens with one attached hydrogen (secondary N) is 2. The van der Waals surface area contributed by atoms with E-state index >= 15 is 0 Å². The molecule has 0 aliphatic carbocycles. The quantitative estimate of drug-likeness (QED) is 0.374. The van der Waals surface area contributed by atoms with E-state index in [0.717, 1.165) is 46.4 Å². The van der Waals surface area contributed by atoms with Crippen LogP contribution in [0.15, 0.2) is 42.5 Å². The van der Waals surface area contributed by atoms with Gasteiger partial charge in [-0.15, -0.1) is 12.4 Å². The van der Waals surface area contributed by atoms with E-state index in [1.807, 2.05) is 24.3 Å². The second kappa shape index (κ2) is 11.2. The van der Waals surface area contributed by atoms with E-state index in [1.54, 1.807) is 0 Å². The molecule has 3 rings (SSSR count). The lowest BCUT2D eigenvalue weighted by Crippen LogP contribution is -2.27. The summed E-state index contributed by atoms with van der Waals surface area (Å²) in [6.45, 7) is 11.4. The minimum Gasteiger partial charge on any atom is -0.492 e. The summed E-state index contributed by atoms with van der Waals surface area (Å²) in [5, 5.41) is 8.92. The maximum absolute atomic E-state index is 5.85. The van der Waals surface area contributed by atoms with Gasteiger partial charge in [-0.05, 0) is 30.3 Å². The Hall–Kier alpha value is -2.08. The fourth-order valence-corrected chi connectivity index (χ4v) is 2.99. The highest BCUT2D eigenvalue weighted by Crippen LogP contribution is 2.26. The molecule has 0 unspecified atom stereocenters. The highest BCUT2D eigenvalue weighted by Gasteiger charge is 2.05. The Morgan fingerprint density at radius 2 is 1.17 bits per heavy atom. The number of pyridine rings is 1. The minimum absolute atomic E-state index is 0. The van der Waals surface area contributed by atoms with Crippen LogP contribution >= 0.6 is 12.4 Å². The molecule has 1 heterocycles. The molecule has 0 amide bonds. The van der Waals surface area contributed by atoms with Crippen molar-refractivity contribution in [1.82, 2.24) is 15.6 Å². The van der Waals surface area contributed by atoms with Crippen LogP contribution in [0, 0.1) is 0 Å². The van der Waals surface area contributed by atoms with Gasteiger partial charge < -0.3 is 20.1 Å². The van der Waals surface area contributed by atoms with Crippen molar-refractivity contribution in [2.24, 2.45) is 0 Å². The Balaban J connectivity index is 0.00000300. The molecule has 0 aliphatic rings. The molecule has 0 aliphatic heterocycles. The molecule has 2 aromatic carbocycles. The van der Waals surface area contributed by atoms with Crippen LogP contribution in [-0.4, -0.2) is 43.4 Å². The first-order valence-electron chi connectivity index (χ1n) is 10.1. The molecule has 1 aromatic heterocycles. The summed E-state index contributed by atoms with van der Waals surface area (Å²) in [4.78, 5) is 4.82. The molecule has 5 nitrogen and oxygen atoms in total. The SMILES string of the molecule is CC(C)NCCOc1ccc2cc3ccc(OCCNC(C)C)cc3nc2c1.Cl. The Labute approximate surface area is 179 Å². The molecule has 0 bridgehead atoms. The number of hydrogen-bond donors (Lipinski definition) is 2. The molecule has 158 valence electrons. The van der Waals surface area contributed by atoms with E-state index < -0.39 is 0 Å². The van der Waals surface area contributed by atoms with Crippen LogP contribution in [0.3, 0.4) is 0 Å². The number of fused-ring (bicyclic) bond motifs is 2. The van der Waals surface area contributed by atoms with Crippen molar-refractivity contribution in [2.45, 2.75) is 39.8 Å². The predicted octanol–water partition coefficient (Wildman–Crippen LogP) is 4.56. The van der Waals surface area contributed by atoms with Crippen molar-refractivity contribution in [1.29, 1.82) is 0 Å². The van der Waals surface area contributed by atoms with Crippen molar-refractivity contribution in [3.63, 3.8) is 0 Å². The van der Waals surface area contributed by atoms with Gasteiger partial charge >= 0.3 is 0 Å². The number of nitrogens with zero attached hydrogens (tertiary/aromatic N) is 1. The molecule has 0 saturated heterocycles. The Bertz CT molecular complexity index is 844. The van der Waals surface area contributed by atoms with E-state index in [0.29, 0.717) is 25.3 Å². The number of benzene rings is 2. The third-order valence-electron chi connectivity index (χ3n) is 4.40. The first-order chi connectivity index (χ1) is 13.5. The number of rotatable bonds is 10. The van der Waals surface area contributed by atoms with E-state index in [4.69, 9.17) is 14.5 Å². The van der Waals surface area contributed by atoms with Gasteiger partial charge in [0.05, 0.1) is 11.0 Å². The second-order valence-electron chi connectivity index (χ2n) is 7.61. The summed E-state index contributed by atoms with van der Waals surface area (Å²) in [7, 11) is 0. The predicted molar refractivity (Wildman–Crippen MR) is 124 cm³/mol. The van der Waals surface area contributed by atoms with Gasteiger partial charge in [0.15, 0.2) is 0 Å². The minimum atomic E-state index is 0. The Morgan fingerprint density at radius 1 is 0.724 bits per heavy atom. The van der Waals surface area contributed by atoms with Crippen molar-refractivity contribution >= 4 is 34.2 Å². The van der Waals surface area contributed by atoms with Gasteiger partial charge in [0, 0.05) is 48.1 Å². The average molecular weight is 418 g/mol. The van der Waals surface area contributed by atoms with Gasteiger partial charge in [-0.25, -0.2) is 4.98 Å². The van der Waals surface area contributed by atoms with Crippen LogP contribution in [0.5, 0.6) is 11.5 Å². The Morgan fingerprint density at radius 3 is 1.59 bits per heavy atom. The molecule has 3 aromatic rings. The number of aromatic nitrogens is 1. The van der Waals surface area contributed by atoms with Crippen LogP contribution in [-0.2, 0) is 0 Å². The summed E-state index contributed by atoms with van der Waals surface area (Å²) in [6, 6.07) is 15.2. The monoisotopic (exact) mass is 417 g/mol. The zero-order chi connectivity index (χ0) is 19.9. The highest BCUT2D eigenvalue weighted by molar-refractivity contribution is 5.93. The summed E-state index contributed by atoms with van der Waals surface area (Å²) < 4.78 is 11.7. The summed E-state index contributed by atoms with van der Waals surface area (Å²) in [5.41, 5.74) is 1.86. The zero-order valence-electron chi connectivity index (χ0n) is 17.7. The van der Waals surface area contributed by atoms with Gasteiger partial charge in [-0.2, -0.15) is 0 Å². The van der Waals surface area contributed by atoms with Gasteiger partial charge in [0.25, 0.3) is 0 Å². The zero-order valence-corrected chi connectivity index (χ0v) is 18.5. The van der Waals surface area contributed by atoms with Crippen LogP contribution < -0.4 is 20.1 Å². The first kappa shape index (κ1) is 23.2. The number of ether oxygens (including phenoxy) is 2. The number of halogens is 1. The maximum atomic E-state index is 5.85. The molecule has 0 fully saturated rings. The third kappa shape index (κ3) is 7.03. The van der Waals surface area contributed by atoms with Gasteiger partial charge in [0.1, 0.15) is 24.7 Å². The smallest absolute Gasteiger partial charge is 0.121 e.